The van der Waals surface area contributed by atoms with Crippen LogP contribution >= 0.6 is 38.5 Å². The van der Waals surface area contributed by atoms with E-state index in [4.69, 9.17) is 0 Å². The topological polar surface area (TPSA) is 12.0 Å². The molecule has 0 fully saturated rings. The zero-order valence-corrected chi connectivity index (χ0v) is 16.0. The van der Waals surface area contributed by atoms with E-state index in [2.05, 4.69) is 94.9 Å². The summed E-state index contributed by atoms with van der Waals surface area (Å²) in [5.74, 6) is 0. The van der Waals surface area contributed by atoms with E-state index in [9.17, 15) is 0 Å². The molecule has 2 aromatic carbocycles. The molecule has 1 atom stereocenters. The Labute approximate surface area is 143 Å². The summed E-state index contributed by atoms with van der Waals surface area (Å²) >= 11 is 6.05. The fourth-order valence-corrected chi connectivity index (χ4v) is 3.83. The lowest BCUT2D eigenvalue weighted by Crippen LogP contribution is -2.20. The van der Waals surface area contributed by atoms with E-state index >= 15 is 0 Å². The number of hydrogen-bond donors (Lipinski definition) is 1. The van der Waals surface area contributed by atoms with Gasteiger partial charge in [-0.15, -0.1) is 0 Å². The van der Waals surface area contributed by atoms with Crippen LogP contribution in [0.1, 0.15) is 33.9 Å². The van der Waals surface area contributed by atoms with E-state index in [0.717, 1.165) is 4.47 Å². The van der Waals surface area contributed by atoms with Crippen LogP contribution in [-0.4, -0.2) is 7.05 Å². The maximum Gasteiger partial charge on any atom is 0.0591 e. The number of halogens is 2. The third-order valence-corrected chi connectivity index (χ3v) is 4.98. The second-order valence-corrected chi connectivity index (χ2v) is 7.30. The number of nitrogens with one attached hydrogen (secondary N) is 1. The lowest BCUT2D eigenvalue weighted by Gasteiger charge is -2.23. The maximum absolute atomic E-state index is 3.69. The smallest absolute Gasteiger partial charge is 0.0591 e. The molecular weight excluding hydrogens is 425 g/mol. The van der Waals surface area contributed by atoms with Gasteiger partial charge in [0.1, 0.15) is 0 Å². The summed E-state index contributed by atoms with van der Waals surface area (Å²) in [6.45, 7) is 6.54. The Morgan fingerprint density at radius 3 is 2.20 bits per heavy atom. The highest BCUT2D eigenvalue weighted by atomic mass is 127. The van der Waals surface area contributed by atoms with E-state index in [1.54, 1.807) is 0 Å². The zero-order chi connectivity index (χ0) is 14.9. The summed E-state index contributed by atoms with van der Waals surface area (Å²) in [6, 6.07) is 11.2. The van der Waals surface area contributed by atoms with Crippen LogP contribution in [0, 0.1) is 24.3 Å². The fraction of sp³-hybridized carbons (Fsp3) is 0.294. The first-order valence-corrected chi connectivity index (χ1v) is 8.51. The van der Waals surface area contributed by atoms with E-state index in [-0.39, 0.29) is 6.04 Å². The van der Waals surface area contributed by atoms with Gasteiger partial charge >= 0.3 is 0 Å². The first kappa shape index (κ1) is 16.0. The molecule has 1 unspecified atom stereocenters. The molecule has 0 aliphatic heterocycles. The van der Waals surface area contributed by atoms with Crippen molar-refractivity contribution in [3.8, 4) is 0 Å². The second kappa shape index (κ2) is 6.58. The van der Waals surface area contributed by atoms with Crippen molar-refractivity contribution in [1.82, 2.24) is 5.32 Å². The lowest BCUT2D eigenvalue weighted by molar-refractivity contribution is 0.679. The molecule has 0 saturated heterocycles. The maximum atomic E-state index is 3.69. The monoisotopic (exact) mass is 443 g/mol. The van der Waals surface area contributed by atoms with Gasteiger partial charge < -0.3 is 5.32 Å². The van der Waals surface area contributed by atoms with Crippen LogP contribution in [0.2, 0.25) is 0 Å². The van der Waals surface area contributed by atoms with Crippen LogP contribution in [0.4, 0.5) is 0 Å². The normalized spacial score (nSPS) is 12.5. The van der Waals surface area contributed by atoms with Crippen molar-refractivity contribution in [2.75, 3.05) is 7.05 Å². The minimum atomic E-state index is 0.208. The molecule has 0 aliphatic rings. The van der Waals surface area contributed by atoms with Crippen molar-refractivity contribution in [2.45, 2.75) is 26.8 Å². The summed E-state index contributed by atoms with van der Waals surface area (Å²) in [7, 11) is 2.02. The number of aryl methyl sites for hydroxylation is 3. The average Bonchev–Trinajstić information content (AvgIpc) is 2.37. The molecule has 3 heteroatoms. The zero-order valence-electron chi connectivity index (χ0n) is 12.2. The molecule has 106 valence electrons. The minimum absolute atomic E-state index is 0.208. The Morgan fingerprint density at radius 2 is 1.65 bits per heavy atom. The van der Waals surface area contributed by atoms with E-state index in [1.807, 2.05) is 7.05 Å². The summed E-state index contributed by atoms with van der Waals surface area (Å²) in [5.41, 5.74) is 6.66. The van der Waals surface area contributed by atoms with Crippen LogP contribution in [0.15, 0.2) is 34.8 Å². The van der Waals surface area contributed by atoms with Crippen LogP contribution in [0.25, 0.3) is 0 Å². The minimum Gasteiger partial charge on any atom is -0.309 e. The molecule has 20 heavy (non-hydrogen) atoms. The molecule has 2 aromatic rings. The molecule has 2 rings (SSSR count). The fourth-order valence-electron chi connectivity index (χ4n) is 2.84. The second-order valence-electron chi connectivity index (χ2n) is 5.20. The van der Waals surface area contributed by atoms with E-state index in [0.29, 0.717) is 0 Å². The van der Waals surface area contributed by atoms with Crippen molar-refractivity contribution < 1.29 is 0 Å². The van der Waals surface area contributed by atoms with Crippen LogP contribution in [0.3, 0.4) is 0 Å². The Balaban J connectivity index is 2.61. The molecule has 0 amide bonds. The molecule has 1 N–H and O–H groups in total. The van der Waals surface area contributed by atoms with E-state index in [1.165, 1.54) is 31.4 Å². The van der Waals surface area contributed by atoms with Crippen LogP contribution in [-0.2, 0) is 0 Å². The Hall–Kier alpha value is -0.390. The van der Waals surface area contributed by atoms with Crippen molar-refractivity contribution in [3.63, 3.8) is 0 Å². The van der Waals surface area contributed by atoms with Gasteiger partial charge in [0.25, 0.3) is 0 Å². The molecule has 1 nitrogen and oxygen atoms in total. The molecule has 0 bridgehead atoms. The number of hydrogen-bond acceptors (Lipinski definition) is 1. The number of benzene rings is 2. The highest BCUT2D eigenvalue weighted by Crippen LogP contribution is 2.33. The molecule has 0 heterocycles. The largest absolute Gasteiger partial charge is 0.309 e. The van der Waals surface area contributed by atoms with Crippen LogP contribution in [0.5, 0.6) is 0 Å². The van der Waals surface area contributed by atoms with Crippen molar-refractivity contribution in [1.29, 1.82) is 0 Å². The van der Waals surface area contributed by atoms with Gasteiger partial charge in [0.15, 0.2) is 0 Å². The summed E-state index contributed by atoms with van der Waals surface area (Å²) in [6.07, 6.45) is 0. The Bertz CT molecular complexity index is 614. The van der Waals surface area contributed by atoms with Gasteiger partial charge in [-0.3, -0.25) is 0 Å². The highest BCUT2D eigenvalue weighted by molar-refractivity contribution is 14.1. The third-order valence-electron chi connectivity index (χ3n) is 3.58. The third kappa shape index (κ3) is 3.26. The van der Waals surface area contributed by atoms with Gasteiger partial charge in [-0.1, -0.05) is 33.6 Å². The predicted molar refractivity (Wildman–Crippen MR) is 98.4 cm³/mol. The Morgan fingerprint density at radius 1 is 1.05 bits per heavy atom. The molecule has 0 aromatic heterocycles. The van der Waals surface area contributed by atoms with Gasteiger partial charge in [0.2, 0.25) is 0 Å². The lowest BCUT2D eigenvalue weighted by atomic mass is 9.90. The summed E-state index contributed by atoms with van der Waals surface area (Å²) in [4.78, 5) is 0. The van der Waals surface area contributed by atoms with Gasteiger partial charge in [-0.05, 0) is 90.9 Å². The summed E-state index contributed by atoms with van der Waals surface area (Å²) < 4.78 is 2.40. The number of rotatable bonds is 3. The van der Waals surface area contributed by atoms with Crippen LogP contribution < -0.4 is 5.32 Å². The molecule has 0 saturated carbocycles. The SMILES string of the molecule is CNC(c1cc(I)ccc1Br)c1c(C)cc(C)cc1C. The predicted octanol–water partition coefficient (Wildman–Crippen LogP) is 5.29. The van der Waals surface area contributed by atoms with Crippen molar-refractivity contribution in [3.05, 3.63) is 66.2 Å². The first-order valence-electron chi connectivity index (χ1n) is 6.64. The average molecular weight is 444 g/mol. The van der Waals surface area contributed by atoms with Gasteiger partial charge in [-0.25, -0.2) is 0 Å². The highest BCUT2D eigenvalue weighted by Gasteiger charge is 2.19. The molecular formula is C17H19BrIN. The van der Waals surface area contributed by atoms with Gasteiger partial charge in [0, 0.05) is 8.04 Å². The van der Waals surface area contributed by atoms with Crippen molar-refractivity contribution >= 4 is 38.5 Å². The van der Waals surface area contributed by atoms with E-state index < -0.39 is 0 Å². The molecule has 0 aliphatic carbocycles. The Kier molecular flexibility index (Phi) is 5.26. The van der Waals surface area contributed by atoms with Gasteiger partial charge in [0.05, 0.1) is 6.04 Å². The van der Waals surface area contributed by atoms with Gasteiger partial charge in [-0.2, -0.15) is 0 Å². The molecule has 0 spiro atoms. The molecule has 0 radical (unpaired) electrons. The first-order chi connectivity index (χ1) is 9.43. The van der Waals surface area contributed by atoms with Crippen molar-refractivity contribution in [2.24, 2.45) is 0 Å². The summed E-state index contributed by atoms with van der Waals surface area (Å²) in [5, 5.41) is 3.47. The quantitative estimate of drug-likeness (QED) is 0.635. The standard InChI is InChI=1S/C17H19BrIN/c1-10-7-11(2)16(12(3)8-10)17(20-4)14-9-13(19)5-6-15(14)18/h5-9,17,20H,1-4H3.